The lowest BCUT2D eigenvalue weighted by Gasteiger charge is -2.14. The van der Waals surface area contributed by atoms with Gasteiger partial charge in [-0.2, -0.15) is 0 Å². The smallest absolute Gasteiger partial charge is 0.244 e. The molecule has 0 unspecified atom stereocenters. The van der Waals surface area contributed by atoms with E-state index in [1.807, 2.05) is 0 Å². The lowest BCUT2D eigenvalue weighted by Crippen LogP contribution is -2.34. The van der Waals surface area contributed by atoms with E-state index in [1.54, 1.807) is 30.0 Å². The molecule has 2 amide bonds. The zero-order valence-corrected chi connectivity index (χ0v) is 11.7. The first kappa shape index (κ1) is 13.0. The van der Waals surface area contributed by atoms with Crippen LogP contribution < -0.4 is 5.32 Å². The quantitative estimate of drug-likeness (QED) is 0.929. The molecular weight excluding hydrogens is 278 g/mol. The van der Waals surface area contributed by atoms with Crippen molar-refractivity contribution in [1.29, 1.82) is 0 Å². The number of anilines is 1. The molecule has 0 spiro atoms. The van der Waals surface area contributed by atoms with Gasteiger partial charge in [-0.1, -0.05) is 0 Å². The van der Waals surface area contributed by atoms with Crippen molar-refractivity contribution in [3.63, 3.8) is 0 Å². The van der Waals surface area contributed by atoms with Crippen LogP contribution in [0.1, 0.15) is 5.89 Å². The van der Waals surface area contributed by atoms with Crippen LogP contribution in [-0.4, -0.2) is 39.9 Å². The van der Waals surface area contributed by atoms with E-state index in [2.05, 4.69) is 10.3 Å². The first-order chi connectivity index (χ1) is 9.61. The van der Waals surface area contributed by atoms with Gasteiger partial charge in [0.1, 0.15) is 12.1 Å². The number of nitrogens with one attached hydrogen (secondary N) is 1. The summed E-state index contributed by atoms with van der Waals surface area (Å²) in [7, 11) is 0. The van der Waals surface area contributed by atoms with Gasteiger partial charge in [0, 0.05) is 12.6 Å². The van der Waals surface area contributed by atoms with Crippen LogP contribution in [0.4, 0.5) is 5.69 Å². The molecule has 0 aliphatic carbocycles. The molecule has 0 atom stereocenters. The zero-order chi connectivity index (χ0) is 14.1. The van der Waals surface area contributed by atoms with E-state index < -0.39 is 0 Å². The minimum atomic E-state index is -0.208. The van der Waals surface area contributed by atoms with E-state index in [9.17, 15) is 9.59 Å². The maximum Gasteiger partial charge on any atom is 0.244 e. The summed E-state index contributed by atoms with van der Waals surface area (Å²) in [5.41, 5.74) is 2.04. The molecule has 0 bridgehead atoms. The first-order valence-electron chi connectivity index (χ1n) is 6.14. The number of carbonyl (C=O) groups excluding carboxylic acids is 2. The Kier molecular flexibility index (Phi) is 3.35. The van der Waals surface area contributed by atoms with Crippen LogP contribution in [0.3, 0.4) is 0 Å². The van der Waals surface area contributed by atoms with Crippen molar-refractivity contribution in [2.24, 2.45) is 0 Å². The number of benzene rings is 1. The summed E-state index contributed by atoms with van der Waals surface area (Å²) < 4.78 is 5.37. The highest BCUT2D eigenvalue weighted by Crippen LogP contribution is 2.20. The fraction of sp³-hybridized carbons (Fsp3) is 0.308. The maximum absolute atomic E-state index is 11.9. The van der Waals surface area contributed by atoms with Crippen molar-refractivity contribution < 1.29 is 14.0 Å². The molecule has 1 aromatic carbocycles. The van der Waals surface area contributed by atoms with Gasteiger partial charge in [-0.05, 0) is 18.2 Å². The molecule has 1 fully saturated rings. The van der Waals surface area contributed by atoms with Crippen molar-refractivity contribution in [3.8, 4) is 0 Å². The molecule has 0 saturated carbocycles. The summed E-state index contributed by atoms with van der Waals surface area (Å²) in [5, 5.41) is 2.77. The molecule has 1 aliphatic heterocycles. The highest BCUT2D eigenvalue weighted by atomic mass is 32.2. The minimum Gasteiger partial charge on any atom is -0.441 e. The van der Waals surface area contributed by atoms with Crippen LogP contribution >= 0.6 is 11.8 Å². The Hall–Kier alpha value is -2.02. The topological polar surface area (TPSA) is 75.4 Å². The molecule has 2 heterocycles. The number of fused-ring (bicyclic) bond motifs is 1. The number of hydrogen-bond donors (Lipinski definition) is 1. The first-order valence-corrected chi connectivity index (χ1v) is 7.30. The van der Waals surface area contributed by atoms with Crippen molar-refractivity contribution in [3.05, 3.63) is 24.1 Å². The molecule has 1 aliphatic rings. The number of hydrogen-bond acceptors (Lipinski definition) is 5. The van der Waals surface area contributed by atoms with Crippen LogP contribution in [-0.2, 0) is 9.59 Å². The number of aryl methyl sites for hydroxylation is 1. The molecule has 2 aromatic rings. The molecule has 1 saturated heterocycles. The molecule has 7 heteroatoms. The summed E-state index contributed by atoms with van der Waals surface area (Å²) in [6.07, 6.45) is 0. The maximum atomic E-state index is 11.9. The Labute approximate surface area is 119 Å². The normalized spacial score (nSPS) is 15.1. The summed E-state index contributed by atoms with van der Waals surface area (Å²) in [5.74, 6) is 1.42. The predicted octanol–water partition coefficient (Wildman–Crippen LogP) is 1.61. The number of aromatic nitrogens is 1. The molecule has 104 valence electrons. The van der Waals surface area contributed by atoms with Crippen molar-refractivity contribution >= 4 is 40.4 Å². The van der Waals surface area contributed by atoms with Crippen molar-refractivity contribution in [2.75, 3.05) is 23.5 Å². The van der Waals surface area contributed by atoms with Gasteiger partial charge in [-0.3, -0.25) is 9.59 Å². The van der Waals surface area contributed by atoms with Gasteiger partial charge < -0.3 is 14.6 Å². The third-order valence-electron chi connectivity index (χ3n) is 2.94. The monoisotopic (exact) mass is 291 g/mol. The van der Waals surface area contributed by atoms with E-state index in [-0.39, 0.29) is 18.4 Å². The highest BCUT2D eigenvalue weighted by Gasteiger charge is 2.22. The SMILES string of the molecule is Cc1nc2cc(NC(=O)CN3CSCC3=O)ccc2o1. The molecule has 6 nitrogen and oxygen atoms in total. The van der Waals surface area contributed by atoms with E-state index in [4.69, 9.17) is 4.42 Å². The average Bonchev–Trinajstić information content (AvgIpc) is 2.94. The van der Waals surface area contributed by atoms with E-state index >= 15 is 0 Å². The Bertz CT molecular complexity index is 683. The van der Waals surface area contributed by atoms with Crippen LogP contribution in [0.2, 0.25) is 0 Å². The number of rotatable bonds is 3. The van der Waals surface area contributed by atoms with Crippen molar-refractivity contribution in [2.45, 2.75) is 6.92 Å². The lowest BCUT2D eigenvalue weighted by molar-refractivity contribution is -0.130. The third kappa shape index (κ3) is 2.62. The largest absolute Gasteiger partial charge is 0.441 e. The Balaban J connectivity index is 1.69. The van der Waals surface area contributed by atoms with Gasteiger partial charge >= 0.3 is 0 Å². The van der Waals surface area contributed by atoms with Gasteiger partial charge in [-0.25, -0.2) is 4.98 Å². The van der Waals surface area contributed by atoms with Gasteiger partial charge in [0.2, 0.25) is 11.8 Å². The molecule has 3 rings (SSSR count). The number of oxazole rings is 1. The fourth-order valence-electron chi connectivity index (χ4n) is 2.03. The summed E-state index contributed by atoms with van der Waals surface area (Å²) in [4.78, 5) is 29.1. The molecule has 20 heavy (non-hydrogen) atoms. The summed E-state index contributed by atoms with van der Waals surface area (Å²) in [6.45, 7) is 1.86. The Morgan fingerprint density at radius 2 is 2.40 bits per heavy atom. The van der Waals surface area contributed by atoms with Crippen LogP contribution in [0.5, 0.6) is 0 Å². The number of amides is 2. The third-order valence-corrected chi connectivity index (χ3v) is 3.88. The van der Waals surface area contributed by atoms with Gasteiger partial charge in [0.15, 0.2) is 11.5 Å². The fourth-order valence-corrected chi connectivity index (χ4v) is 2.94. The van der Waals surface area contributed by atoms with Crippen molar-refractivity contribution in [1.82, 2.24) is 9.88 Å². The van der Waals surface area contributed by atoms with Crippen LogP contribution in [0, 0.1) is 6.92 Å². The second kappa shape index (κ2) is 5.16. The standard InChI is InChI=1S/C13H13N3O3S/c1-8-14-10-4-9(2-3-11(10)19-8)15-12(17)5-16-7-20-6-13(16)18/h2-4H,5-7H2,1H3,(H,15,17). The van der Waals surface area contributed by atoms with Crippen LogP contribution in [0.25, 0.3) is 11.1 Å². The second-order valence-electron chi connectivity index (χ2n) is 4.53. The van der Waals surface area contributed by atoms with Gasteiger partial charge in [0.25, 0.3) is 0 Å². The molecular formula is C13H13N3O3S. The predicted molar refractivity (Wildman–Crippen MR) is 76.4 cm³/mol. The molecule has 1 N–H and O–H groups in total. The average molecular weight is 291 g/mol. The Morgan fingerprint density at radius 1 is 1.55 bits per heavy atom. The number of carbonyl (C=O) groups is 2. The summed E-state index contributed by atoms with van der Waals surface area (Å²) >= 11 is 1.52. The van der Waals surface area contributed by atoms with Gasteiger partial charge in [-0.15, -0.1) is 11.8 Å². The number of thioether (sulfide) groups is 1. The number of nitrogens with zero attached hydrogens (tertiary/aromatic N) is 2. The minimum absolute atomic E-state index is 0.00716. The molecule has 1 aromatic heterocycles. The highest BCUT2D eigenvalue weighted by molar-refractivity contribution is 8.00. The van der Waals surface area contributed by atoms with E-state index in [0.29, 0.717) is 34.3 Å². The van der Waals surface area contributed by atoms with E-state index in [0.717, 1.165) is 0 Å². The van der Waals surface area contributed by atoms with Gasteiger partial charge in [0.05, 0.1) is 11.6 Å². The Morgan fingerprint density at radius 3 is 3.15 bits per heavy atom. The molecule has 0 radical (unpaired) electrons. The summed E-state index contributed by atoms with van der Waals surface area (Å²) in [6, 6.07) is 5.28. The lowest BCUT2D eigenvalue weighted by atomic mass is 10.3. The van der Waals surface area contributed by atoms with Crippen LogP contribution in [0.15, 0.2) is 22.6 Å². The second-order valence-corrected chi connectivity index (χ2v) is 5.49. The zero-order valence-electron chi connectivity index (χ0n) is 10.9. The van der Waals surface area contributed by atoms with E-state index in [1.165, 1.54) is 11.8 Å².